The molecule has 1 heterocycles. The minimum atomic E-state index is -0.234. The quantitative estimate of drug-likeness (QED) is 0.684. The van der Waals surface area contributed by atoms with E-state index in [-0.39, 0.29) is 18.3 Å². The summed E-state index contributed by atoms with van der Waals surface area (Å²) in [6, 6.07) is 7.43. The number of carbonyl (C=O) groups excluding carboxylic acids is 2. The number of hydrogen-bond acceptors (Lipinski definition) is 3. The molecule has 1 aromatic heterocycles. The highest BCUT2D eigenvalue weighted by Gasteiger charge is 2.22. The number of Topliss-reactive ketones (excluding diaryl/α,β-unsaturated/α-hetero) is 1. The lowest BCUT2D eigenvalue weighted by atomic mass is 10.0. The van der Waals surface area contributed by atoms with Gasteiger partial charge in [0.2, 0.25) is 0 Å². The van der Waals surface area contributed by atoms with Crippen molar-refractivity contribution in [2.45, 2.75) is 46.8 Å². The predicted octanol–water partition coefficient (Wildman–Crippen LogP) is 2.90. The second-order valence-corrected chi connectivity index (χ2v) is 5.89. The smallest absolute Gasteiger partial charge is 0.268 e. The molecule has 5 nitrogen and oxygen atoms in total. The van der Waals surface area contributed by atoms with E-state index in [1.807, 2.05) is 38.1 Å². The number of carbonyl (C=O) groups is 2. The third-order valence-corrected chi connectivity index (χ3v) is 4.10. The Labute approximate surface area is 142 Å². The van der Waals surface area contributed by atoms with Crippen LogP contribution in [0.4, 0.5) is 0 Å². The maximum absolute atomic E-state index is 12.6. The molecule has 128 valence electrons. The van der Waals surface area contributed by atoms with E-state index < -0.39 is 0 Å². The summed E-state index contributed by atoms with van der Waals surface area (Å²) < 4.78 is 0. The van der Waals surface area contributed by atoms with Gasteiger partial charge in [0.15, 0.2) is 5.78 Å². The van der Waals surface area contributed by atoms with Crippen LogP contribution in [-0.2, 0) is 19.6 Å². The number of hydrogen-bond donors (Lipinski definition) is 3. The third-order valence-electron chi connectivity index (χ3n) is 4.10. The molecule has 0 fully saturated rings. The molecule has 0 aliphatic carbocycles. The lowest BCUT2D eigenvalue weighted by Gasteiger charge is -2.10. The van der Waals surface area contributed by atoms with Gasteiger partial charge in [-0.05, 0) is 37.0 Å². The van der Waals surface area contributed by atoms with Gasteiger partial charge >= 0.3 is 0 Å². The fraction of sp³-hybridized carbons (Fsp3) is 0.368. The molecule has 0 unspecified atom stereocenters. The monoisotopic (exact) mass is 328 g/mol. The summed E-state index contributed by atoms with van der Waals surface area (Å²) in [5.74, 6) is -0.265. The molecule has 3 N–H and O–H groups in total. The van der Waals surface area contributed by atoms with Crippen LogP contribution in [0.3, 0.4) is 0 Å². The van der Waals surface area contributed by atoms with Gasteiger partial charge in [0.1, 0.15) is 5.69 Å². The van der Waals surface area contributed by atoms with Crippen LogP contribution >= 0.6 is 0 Å². The van der Waals surface area contributed by atoms with Crippen molar-refractivity contribution in [3.63, 3.8) is 0 Å². The number of benzene rings is 1. The van der Waals surface area contributed by atoms with Gasteiger partial charge in [-0.1, -0.05) is 37.6 Å². The number of aryl methyl sites for hydroxylation is 1. The highest BCUT2D eigenvalue weighted by Crippen LogP contribution is 2.21. The normalized spacial score (nSPS) is 10.7. The van der Waals surface area contributed by atoms with E-state index in [9.17, 15) is 14.7 Å². The molecule has 1 amide bonds. The van der Waals surface area contributed by atoms with Gasteiger partial charge in [0, 0.05) is 17.8 Å². The molecule has 0 atom stereocenters. The number of aliphatic hydroxyl groups is 1. The summed E-state index contributed by atoms with van der Waals surface area (Å²) >= 11 is 0. The van der Waals surface area contributed by atoms with E-state index in [4.69, 9.17) is 0 Å². The van der Waals surface area contributed by atoms with Crippen molar-refractivity contribution in [3.05, 3.63) is 57.9 Å². The average Bonchev–Trinajstić information content (AvgIpc) is 2.89. The number of aliphatic hydroxyl groups excluding tert-OH is 1. The fourth-order valence-corrected chi connectivity index (χ4v) is 3.00. The molecule has 0 aliphatic rings. The Morgan fingerprint density at radius 2 is 1.88 bits per heavy atom. The van der Waals surface area contributed by atoms with Gasteiger partial charge in [0.25, 0.3) is 5.91 Å². The first kappa shape index (κ1) is 17.9. The van der Waals surface area contributed by atoms with Gasteiger partial charge in [-0.15, -0.1) is 0 Å². The van der Waals surface area contributed by atoms with Gasteiger partial charge in [0.05, 0.1) is 6.61 Å². The lowest BCUT2D eigenvalue weighted by Crippen LogP contribution is -2.25. The number of rotatable bonds is 7. The van der Waals surface area contributed by atoms with E-state index in [1.165, 1.54) is 6.92 Å². The Hall–Kier alpha value is -2.40. The fourth-order valence-electron chi connectivity index (χ4n) is 3.00. The molecule has 5 heteroatoms. The summed E-state index contributed by atoms with van der Waals surface area (Å²) in [4.78, 5) is 27.5. The molecule has 0 aliphatic heterocycles. The number of nitrogens with one attached hydrogen (secondary N) is 2. The Morgan fingerprint density at radius 3 is 2.46 bits per heavy atom. The lowest BCUT2D eigenvalue weighted by molar-refractivity contribution is 0.0945. The minimum Gasteiger partial charge on any atom is -0.392 e. The molecule has 2 rings (SSSR count). The number of H-pyrrole nitrogens is 1. The van der Waals surface area contributed by atoms with Crippen LogP contribution in [-0.4, -0.2) is 21.8 Å². The first-order chi connectivity index (χ1) is 11.5. The highest BCUT2D eigenvalue weighted by molar-refractivity contribution is 6.02. The second kappa shape index (κ2) is 7.93. The van der Waals surface area contributed by atoms with Gasteiger partial charge in [-0.2, -0.15) is 0 Å². The highest BCUT2D eigenvalue weighted by atomic mass is 16.3. The first-order valence-electron chi connectivity index (χ1n) is 8.17. The van der Waals surface area contributed by atoms with Crippen molar-refractivity contribution in [3.8, 4) is 0 Å². The number of ketones is 1. The summed E-state index contributed by atoms with van der Waals surface area (Å²) in [6.45, 7) is 5.62. The third kappa shape index (κ3) is 3.74. The zero-order valence-corrected chi connectivity index (χ0v) is 14.4. The Balaban J connectivity index is 2.23. The molecule has 24 heavy (non-hydrogen) atoms. The van der Waals surface area contributed by atoms with Crippen molar-refractivity contribution >= 4 is 11.7 Å². The van der Waals surface area contributed by atoms with Crippen LogP contribution in [0.1, 0.15) is 63.5 Å². The van der Waals surface area contributed by atoms with Crippen molar-refractivity contribution in [1.29, 1.82) is 0 Å². The maximum Gasteiger partial charge on any atom is 0.268 e. The van der Waals surface area contributed by atoms with Crippen LogP contribution in [0.5, 0.6) is 0 Å². The molecular weight excluding hydrogens is 304 g/mol. The van der Waals surface area contributed by atoms with Crippen molar-refractivity contribution < 1.29 is 14.7 Å². The van der Waals surface area contributed by atoms with Crippen LogP contribution in [0.25, 0.3) is 0 Å². The molecule has 0 saturated carbocycles. The van der Waals surface area contributed by atoms with E-state index in [0.717, 1.165) is 28.8 Å². The Morgan fingerprint density at radius 1 is 1.21 bits per heavy atom. The van der Waals surface area contributed by atoms with Crippen LogP contribution in [0.15, 0.2) is 24.3 Å². The van der Waals surface area contributed by atoms with Crippen molar-refractivity contribution in [2.75, 3.05) is 0 Å². The van der Waals surface area contributed by atoms with Crippen molar-refractivity contribution in [1.82, 2.24) is 10.3 Å². The van der Waals surface area contributed by atoms with Gasteiger partial charge in [-0.25, -0.2) is 0 Å². The second-order valence-electron chi connectivity index (χ2n) is 5.89. The predicted molar refractivity (Wildman–Crippen MR) is 93.1 cm³/mol. The Bertz CT molecular complexity index is 747. The topological polar surface area (TPSA) is 82.2 Å². The summed E-state index contributed by atoms with van der Waals surface area (Å²) in [5.41, 5.74) is 4.26. The summed E-state index contributed by atoms with van der Waals surface area (Å²) in [7, 11) is 0. The molecule has 0 saturated heterocycles. The maximum atomic E-state index is 12.6. The van der Waals surface area contributed by atoms with Gasteiger partial charge in [-0.3, -0.25) is 9.59 Å². The zero-order chi connectivity index (χ0) is 17.7. The number of amides is 1. The number of aromatic nitrogens is 1. The molecule has 1 aromatic carbocycles. The standard InChI is InChI=1S/C19H24N2O3/c1-4-7-16-17(13(3)23)12(2)21-18(16)19(24)20-10-14-8-5-6-9-15(14)11-22/h5-6,8-9,21-22H,4,7,10-11H2,1-3H3,(H,20,24). The molecular formula is C19H24N2O3. The van der Waals surface area contributed by atoms with Crippen LogP contribution in [0.2, 0.25) is 0 Å². The van der Waals surface area contributed by atoms with Crippen LogP contribution < -0.4 is 5.32 Å². The minimum absolute atomic E-state index is 0.0307. The molecule has 0 radical (unpaired) electrons. The first-order valence-corrected chi connectivity index (χ1v) is 8.17. The van der Waals surface area contributed by atoms with E-state index in [1.54, 1.807) is 0 Å². The van der Waals surface area contributed by atoms with Crippen LogP contribution in [0, 0.1) is 6.92 Å². The molecule has 0 bridgehead atoms. The number of aromatic amines is 1. The Kier molecular flexibility index (Phi) is 5.93. The zero-order valence-electron chi connectivity index (χ0n) is 14.4. The molecule has 2 aromatic rings. The van der Waals surface area contributed by atoms with E-state index >= 15 is 0 Å². The van der Waals surface area contributed by atoms with E-state index in [2.05, 4.69) is 10.3 Å². The summed E-state index contributed by atoms with van der Waals surface area (Å²) in [5, 5.41) is 12.2. The van der Waals surface area contributed by atoms with Gasteiger partial charge < -0.3 is 15.4 Å². The summed E-state index contributed by atoms with van der Waals surface area (Å²) in [6.07, 6.45) is 1.53. The average molecular weight is 328 g/mol. The SMILES string of the molecule is CCCc1c(C(=O)NCc2ccccc2CO)[nH]c(C)c1C(C)=O. The van der Waals surface area contributed by atoms with E-state index in [0.29, 0.717) is 24.2 Å². The van der Waals surface area contributed by atoms with Crippen molar-refractivity contribution in [2.24, 2.45) is 0 Å². The largest absolute Gasteiger partial charge is 0.392 e. The molecule has 0 spiro atoms.